The molecule has 0 aliphatic carbocycles. The molecule has 0 spiro atoms. The molecule has 0 radical (unpaired) electrons. The second-order valence-electron chi connectivity index (χ2n) is 5.08. The van der Waals surface area contributed by atoms with Crippen LogP contribution in [0.4, 0.5) is 5.69 Å². The highest BCUT2D eigenvalue weighted by Gasteiger charge is 2.12. The van der Waals surface area contributed by atoms with Crippen molar-refractivity contribution in [1.29, 1.82) is 0 Å². The highest BCUT2D eigenvalue weighted by molar-refractivity contribution is 5.89. The van der Waals surface area contributed by atoms with Crippen LogP contribution in [0.25, 0.3) is 11.1 Å². The number of hydrazine groups is 1. The highest BCUT2D eigenvalue weighted by Crippen LogP contribution is 2.24. The monoisotopic (exact) mass is 342 g/mol. The second kappa shape index (κ2) is 7.84. The largest absolute Gasteiger partial charge is 0.476 e. The first-order chi connectivity index (χ1) is 11.9. The van der Waals surface area contributed by atoms with Crippen LogP contribution >= 0.6 is 0 Å². The topological polar surface area (TPSA) is 140 Å². The van der Waals surface area contributed by atoms with E-state index in [1.54, 1.807) is 36.4 Å². The molecule has 7 N–H and O–H groups in total. The van der Waals surface area contributed by atoms with Crippen LogP contribution in [0.1, 0.15) is 6.92 Å². The fourth-order valence-corrected chi connectivity index (χ4v) is 2.04. The molecule has 1 amide bonds. The Hall–Kier alpha value is -3.52. The third kappa shape index (κ3) is 4.72. The summed E-state index contributed by atoms with van der Waals surface area (Å²) >= 11 is 0. The van der Waals surface area contributed by atoms with Crippen LogP contribution in [-0.4, -0.2) is 17.0 Å². The number of ether oxygens (including phenoxy) is 1. The molecular weight excluding hydrogens is 324 g/mol. The number of carboxylic acids is 1. The third-order valence-electron chi connectivity index (χ3n) is 3.22. The van der Waals surface area contributed by atoms with Gasteiger partial charge in [0.1, 0.15) is 5.75 Å². The van der Waals surface area contributed by atoms with Crippen molar-refractivity contribution in [3.8, 4) is 16.9 Å². The van der Waals surface area contributed by atoms with Gasteiger partial charge < -0.3 is 20.9 Å². The number of rotatable bonds is 6. The molecule has 0 bridgehead atoms. The molecule has 0 aliphatic rings. The lowest BCUT2D eigenvalue weighted by Gasteiger charge is -2.11. The second-order valence-corrected chi connectivity index (χ2v) is 5.08. The number of hydrogen-bond donors (Lipinski definition) is 5. The Kier molecular flexibility index (Phi) is 5.59. The summed E-state index contributed by atoms with van der Waals surface area (Å²) < 4.78 is 5.33. The number of carboxylic acid groups (broad SMARTS) is 1. The van der Waals surface area contributed by atoms with Crippen molar-refractivity contribution in [2.45, 2.75) is 6.92 Å². The van der Waals surface area contributed by atoms with E-state index in [0.29, 0.717) is 11.4 Å². The number of carbonyl (C=O) groups is 2. The smallest absolute Gasteiger partial charge is 0.357 e. The fraction of sp³-hybridized carbons (Fsp3) is 0.0588. The lowest BCUT2D eigenvalue weighted by Crippen LogP contribution is -2.31. The summed E-state index contributed by atoms with van der Waals surface area (Å²) in [5, 5.41) is 11.5. The maximum absolute atomic E-state index is 11.0. The summed E-state index contributed by atoms with van der Waals surface area (Å²) in [5.41, 5.74) is 9.53. The van der Waals surface area contributed by atoms with Gasteiger partial charge in [-0.05, 0) is 35.4 Å². The van der Waals surface area contributed by atoms with Crippen molar-refractivity contribution in [3.63, 3.8) is 0 Å². The molecular formula is C17H18N4O4. The van der Waals surface area contributed by atoms with Crippen LogP contribution in [0.5, 0.6) is 5.75 Å². The number of hydrogen-bond acceptors (Lipinski definition) is 6. The number of benzene rings is 2. The number of aliphatic carboxylic acids is 1. The van der Waals surface area contributed by atoms with Crippen LogP contribution in [0.15, 0.2) is 60.1 Å². The Morgan fingerprint density at radius 1 is 1.00 bits per heavy atom. The van der Waals surface area contributed by atoms with E-state index < -0.39 is 11.7 Å². The third-order valence-corrected chi connectivity index (χ3v) is 3.22. The number of nitrogens with two attached hydrogens (primary N) is 2. The minimum atomic E-state index is -1.34. The zero-order valence-corrected chi connectivity index (χ0v) is 13.4. The van der Waals surface area contributed by atoms with Gasteiger partial charge >= 0.3 is 5.97 Å². The quantitative estimate of drug-likeness (QED) is 0.231. The molecule has 0 heterocycles. The molecule has 130 valence electrons. The molecule has 0 unspecified atom stereocenters. The van der Waals surface area contributed by atoms with Crippen LogP contribution in [0.3, 0.4) is 0 Å². The van der Waals surface area contributed by atoms with Crippen LogP contribution in [-0.2, 0) is 9.59 Å². The van der Waals surface area contributed by atoms with Crippen molar-refractivity contribution in [2.75, 3.05) is 5.32 Å². The minimum absolute atomic E-state index is 0.132. The van der Waals surface area contributed by atoms with Gasteiger partial charge in [0, 0.05) is 12.6 Å². The molecule has 8 nitrogen and oxygen atoms in total. The SMILES string of the molecule is CC(=O)Nc1ccc(-c2ccc(O/C(NN)=C(/N)C(=O)O)cc2)cc1. The molecule has 2 aromatic rings. The fourth-order valence-electron chi connectivity index (χ4n) is 2.04. The molecule has 0 aromatic heterocycles. The van der Waals surface area contributed by atoms with Gasteiger partial charge in [0.15, 0.2) is 5.70 Å². The van der Waals surface area contributed by atoms with Gasteiger partial charge in [-0.25, -0.2) is 10.6 Å². The first kappa shape index (κ1) is 17.8. The summed E-state index contributed by atoms with van der Waals surface area (Å²) in [4.78, 5) is 21.9. The Morgan fingerprint density at radius 3 is 1.96 bits per heavy atom. The van der Waals surface area contributed by atoms with Crippen LogP contribution in [0.2, 0.25) is 0 Å². The first-order valence-electron chi connectivity index (χ1n) is 7.26. The van der Waals surface area contributed by atoms with E-state index in [-0.39, 0.29) is 11.8 Å². The van der Waals surface area contributed by atoms with Crippen molar-refractivity contribution in [3.05, 3.63) is 60.1 Å². The summed E-state index contributed by atoms with van der Waals surface area (Å²) in [7, 11) is 0. The minimum Gasteiger partial charge on any atom is -0.476 e. The predicted molar refractivity (Wildman–Crippen MR) is 93.0 cm³/mol. The van der Waals surface area contributed by atoms with Crippen LogP contribution < -0.4 is 27.1 Å². The number of anilines is 1. The molecule has 2 rings (SSSR count). The number of carbonyl (C=O) groups excluding carboxylic acids is 1. The van der Waals surface area contributed by atoms with Gasteiger partial charge in [-0.1, -0.05) is 24.3 Å². The molecule has 0 aliphatic heterocycles. The van der Waals surface area contributed by atoms with Crippen molar-refractivity contribution >= 4 is 17.6 Å². The molecule has 0 saturated heterocycles. The maximum atomic E-state index is 11.0. The average molecular weight is 342 g/mol. The Balaban J connectivity index is 2.15. The molecule has 0 saturated carbocycles. The Labute approximate surface area is 144 Å². The van der Waals surface area contributed by atoms with E-state index in [1.165, 1.54) is 6.92 Å². The first-order valence-corrected chi connectivity index (χ1v) is 7.26. The van der Waals surface area contributed by atoms with Gasteiger partial charge in [0.05, 0.1) is 0 Å². The number of amides is 1. The van der Waals surface area contributed by atoms with Gasteiger partial charge in [-0.3, -0.25) is 10.2 Å². The van der Waals surface area contributed by atoms with Gasteiger partial charge in [0.25, 0.3) is 0 Å². The van der Waals surface area contributed by atoms with Crippen molar-refractivity contribution in [2.24, 2.45) is 11.6 Å². The van der Waals surface area contributed by atoms with E-state index >= 15 is 0 Å². The van der Waals surface area contributed by atoms with E-state index in [9.17, 15) is 9.59 Å². The summed E-state index contributed by atoms with van der Waals surface area (Å²) in [5.74, 6) is 3.87. The standard InChI is InChI=1S/C17H18N4O4/c1-10(22)20-13-6-2-11(3-7-13)12-4-8-14(9-5-12)25-16(21-19)15(18)17(23)24/h2-9,21H,18-19H2,1H3,(H,20,22)(H,23,24)/b16-15+. The molecule has 0 fully saturated rings. The van der Waals surface area contributed by atoms with E-state index in [2.05, 4.69) is 10.7 Å². The maximum Gasteiger partial charge on any atom is 0.357 e. The lowest BCUT2D eigenvalue weighted by atomic mass is 10.1. The highest BCUT2D eigenvalue weighted by atomic mass is 16.5. The lowest BCUT2D eigenvalue weighted by molar-refractivity contribution is -0.133. The van der Waals surface area contributed by atoms with Crippen molar-refractivity contribution in [1.82, 2.24) is 5.43 Å². The normalized spacial score (nSPS) is 11.3. The average Bonchev–Trinajstić information content (AvgIpc) is 2.59. The Bertz CT molecular complexity index is 798. The summed E-state index contributed by atoms with van der Waals surface area (Å²) in [6, 6.07) is 14.3. The van der Waals surface area contributed by atoms with Crippen LogP contribution in [0, 0.1) is 0 Å². The van der Waals surface area contributed by atoms with E-state index in [0.717, 1.165) is 11.1 Å². The van der Waals surface area contributed by atoms with E-state index in [1.807, 2.05) is 12.1 Å². The van der Waals surface area contributed by atoms with Crippen molar-refractivity contribution < 1.29 is 19.4 Å². The number of nitrogens with one attached hydrogen (secondary N) is 2. The van der Waals surface area contributed by atoms with E-state index in [4.69, 9.17) is 21.4 Å². The molecule has 0 atom stereocenters. The summed E-state index contributed by atoms with van der Waals surface area (Å²) in [6.45, 7) is 1.45. The predicted octanol–water partition coefficient (Wildman–Crippen LogP) is 1.37. The Morgan fingerprint density at radius 2 is 1.52 bits per heavy atom. The van der Waals surface area contributed by atoms with Gasteiger partial charge in [0.2, 0.25) is 11.8 Å². The molecule has 2 aromatic carbocycles. The van der Waals surface area contributed by atoms with Gasteiger partial charge in [-0.2, -0.15) is 0 Å². The zero-order chi connectivity index (χ0) is 18.4. The van der Waals surface area contributed by atoms with Gasteiger partial charge in [-0.15, -0.1) is 0 Å². The zero-order valence-electron chi connectivity index (χ0n) is 13.4. The molecule has 25 heavy (non-hydrogen) atoms. The molecule has 8 heteroatoms. The summed E-state index contributed by atoms with van der Waals surface area (Å²) in [6.07, 6.45) is 0.